The molecule has 0 spiro atoms. The van der Waals surface area contributed by atoms with Crippen LogP contribution >= 0.6 is 15.9 Å². The molecule has 2 rings (SSSR count). The highest BCUT2D eigenvalue weighted by atomic mass is 79.9. The van der Waals surface area contributed by atoms with Gasteiger partial charge >= 0.3 is 0 Å². The van der Waals surface area contributed by atoms with E-state index in [1.165, 1.54) is 0 Å². The lowest BCUT2D eigenvalue weighted by Crippen LogP contribution is -2.16. The van der Waals surface area contributed by atoms with E-state index in [4.69, 9.17) is 10.2 Å². The number of hydrogen-bond acceptors (Lipinski definition) is 3. The number of oxazole rings is 1. The van der Waals surface area contributed by atoms with Gasteiger partial charge in [0.2, 0.25) is 5.89 Å². The molecule has 1 aromatic heterocycles. The second-order valence-corrected chi connectivity index (χ2v) is 5.26. The van der Waals surface area contributed by atoms with E-state index in [9.17, 15) is 0 Å². The minimum atomic E-state index is -0.154. The van der Waals surface area contributed by atoms with Crippen LogP contribution < -0.4 is 5.73 Å². The number of aromatic nitrogens is 1. The Kier molecular flexibility index (Phi) is 3.64. The summed E-state index contributed by atoms with van der Waals surface area (Å²) in [6.45, 7) is 4.10. The number of halogens is 1. The van der Waals surface area contributed by atoms with Gasteiger partial charge in [0.1, 0.15) is 0 Å². The van der Waals surface area contributed by atoms with Gasteiger partial charge in [0.05, 0.1) is 12.2 Å². The average Bonchev–Trinajstić information content (AvgIpc) is 2.78. The molecule has 4 heteroatoms. The average molecular weight is 295 g/mol. The zero-order chi connectivity index (χ0) is 12.4. The van der Waals surface area contributed by atoms with Gasteiger partial charge < -0.3 is 10.2 Å². The highest BCUT2D eigenvalue weighted by Crippen LogP contribution is 2.26. The van der Waals surface area contributed by atoms with Crippen LogP contribution in [0.2, 0.25) is 0 Å². The number of benzene rings is 1. The fourth-order valence-corrected chi connectivity index (χ4v) is 1.74. The standard InChI is InChI=1S/C13H15BrN2O/c1-8(2)12(15)13-16-7-11(17-13)9-3-5-10(14)6-4-9/h3-8,12H,15H2,1-2H3. The van der Waals surface area contributed by atoms with Gasteiger partial charge in [0.25, 0.3) is 0 Å². The fourth-order valence-electron chi connectivity index (χ4n) is 1.47. The molecular weight excluding hydrogens is 280 g/mol. The molecule has 1 aromatic carbocycles. The third-order valence-corrected chi connectivity index (χ3v) is 3.18. The molecule has 90 valence electrons. The van der Waals surface area contributed by atoms with E-state index in [-0.39, 0.29) is 6.04 Å². The van der Waals surface area contributed by atoms with Crippen molar-refractivity contribution in [3.05, 3.63) is 40.8 Å². The predicted octanol–water partition coefficient (Wildman–Crippen LogP) is 3.76. The van der Waals surface area contributed by atoms with Crippen LogP contribution in [0.15, 0.2) is 39.4 Å². The summed E-state index contributed by atoms with van der Waals surface area (Å²) in [5, 5.41) is 0. The Morgan fingerprint density at radius 2 is 1.88 bits per heavy atom. The van der Waals surface area contributed by atoms with E-state index in [1.807, 2.05) is 38.1 Å². The molecule has 1 heterocycles. The largest absolute Gasteiger partial charge is 0.439 e. The third kappa shape index (κ3) is 2.76. The Morgan fingerprint density at radius 3 is 2.47 bits per heavy atom. The molecule has 0 bridgehead atoms. The molecule has 17 heavy (non-hydrogen) atoms. The van der Waals surface area contributed by atoms with Crippen LogP contribution in [-0.4, -0.2) is 4.98 Å². The lowest BCUT2D eigenvalue weighted by molar-refractivity contribution is 0.394. The van der Waals surface area contributed by atoms with Crippen LogP contribution in [0, 0.1) is 5.92 Å². The van der Waals surface area contributed by atoms with E-state index in [0.717, 1.165) is 15.8 Å². The Balaban J connectivity index is 2.26. The van der Waals surface area contributed by atoms with Gasteiger partial charge in [0, 0.05) is 10.0 Å². The maximum atomic E-state index is 5.99. The van der Waals surface area contributed by atoms with Crippen LogP contribution in [-0.2, 0) is 0 Å². The van der Waals surface area contributed by atoms with E-state index >= 15 is 0 Å². The molecule has 0 aliphatic rings. The molecule has 3 nitrogen and oxygen atoms in total. The minimum absolute atomic E-state index is 0.154. The number of rotatable bonds is 3. The van der Waals surface area contributed by atoms with Crippen molar-refractivity contribution in [3.8, 4) is 11.3 Å². The van der Waals surface area contributed by atoms with E-state index in [0.29, 0.717) is 11.8 Å². The molecule has 1 atom stereocenters. The fraction of sp³-hybridized carbons (Fsp3) is 0.308. The highest BCUT2D eigenvalue weighted by molar-refractivity contribution is 9.10. The van der Waals surface area contributed by atoms with E-state index in [2.05, 4.69) is 20.9 Å². The first kappa shape index (κ1) is 12.3. The summed E-state index contributed by atoms with van der Waals surface area (Å²) in [4.78, 5) is 4.23. The topological polar surface area (TPSA) is 52.0 Å². The summed E-state index contributed by atoms with van der Waals surface area (Å²) in [6.07, 6.45) is 1.72. The molecule has 0 saturated heterocycles. The maximum absolute atomic E-state index is 5.99. The van der Waals surface area contributed by atoms with Crippen molar-refractivity contribution in [1.82, 2.24) is 4.98 Å². The summed E-state index contributed by atoms with van der Waals surface area (Å²) >= 11 is 3.40. The van der Waals surface area contributed by atoms with Gasteiger partial charge in [-0.15, -0.1) is 0 Å². The van der Waals surface area contributed by atoms with Crippen molar-refractivity contribution in [2.24, 2.45) is 11.7 Å². The van der Waals surface area contributed by atoms with Gasteiger partial charge in [-0.05, 0) is 18.1 Å². The first-order valence-corrected chi connectivity index (χ1v) is 6.34. The summed E-state index contributed by atoms with van der Waals surface area (Å²) in [7, 11) is 0. The maximum Gasteiger partial charge on any atom is 0.212 e. The van der Waals surface area contributed by atoms with E-state index in [1.54, 1.807) is 6.20 Å². The third-order valence-electron chi connectivity index (χ3n) is 2.66. The monoisotopic (exact) mass is 294 g/mol. The van der Waals surface area contributed by atoms with Crippen molar-refractivity contribution in [1.29, 1.82) is 0 Å². The lowest BCUT2D eigenvalue weighted by Gasteiger charge is -2.10. The molecular formula is C13H15BrN2O. The van der Waals surface area contributed by atoms with Crippen molar-refractivity contribution in [2.45, 2.75) is 19.9 Å². The smallest absolute Gasteiger partial charge is 0.212 e. The summed E-state index contributed by atoms with van der Waals surface area (Å²) in [5.41, 5.74) is 6.99. The molecule has 0 aliphatic carbocycles. The van der Waals surface area contributed by atoms with Crippen molar-refractivity contribution in [3.63, 3.8) is 0 Å². The Labute approximate surface area is 109 Å². The summed E-state index contributed by atoms with van der Waals surface area (Å²) in [6, 6.07) is 7.75. The quantitative estimate of drug-likeness (QED) is 0.938. The van der Waals surface area contributed by atoms with Gasteiger partial charge in [-0.3, -0.25) is 0 Å². The predicted molar refractivity (Wildman–Crippen MR) is 71.4 cm³/mol. The Morgan fingerprint density at radius 1 is 1.24 bits per heavy atom. The molecule has 2 N–H and O–H groups in total. The van der Waals surface area contributed by atoms with Crippen molar-refractivity contribution in [2.75, 3.05) is 0 Å². The molecule has 1 unspecified atom stereocenters. The molecule has 0 fully saturated rings. The number of hydrogen-bond donors (Lipinski definition) is 1. The SMILES string of the molecule is CC(C)C(N)c1ncc(-c2ccc(Br)cc2)o1. The Bertz CT molecular complexity index is 490. The first-order valence-electron chi connectivity index (χ1n) is 5.55. The first-order chi connectivity index (χ1) is 8.08. The molecule has 0 amide bonds. The van der Waals surface area contributed by atoms with E-state index < -0.39 is 0 Å². The molecule has 0 radical (unpaired) electrons. The van der Waals surface area contributed by atoms with Crippen LogP contribution in [0.3, 0.4) is 0 Å². The molecule has 2 aromatic rings. The van der Waals surface area contributed by atoms with Gasteiger partial charge in [-0.2, -0.15) is 0 Å². The van der Waals surface area contributed by atoms with Gasteiger partial charge in [-0.25, -0.2) is 4.98 Å². The summed E-state index contributed by atoms with van der Waals surface area (Å²) < 4.78 is 6.72. The zero-order valence-corrected chi connectivity index (χ0v) is 11.4. The molecule has 0 aliphatic heterocycles. The second kappa shape index (κ2) is 5.02. The van der Waals surface area contributed by atoms with Crippen LogP contribution in [0.4, 0.5) is 0 Å². The number of nitrogens with two attached hydrogens (primary N) is 1. The van der Waals surface area contributed by atoms with Gasteiger partial charge in [-0.1, -0.05) is 41.9 Å². The van der Waals surface area contributed by atoms with Crippen LogP contribution in [0.1, 0.15) is 25.8 Å². The Hall–Kier alpha value is -1.13. The molecule has 0 saturated carbocycles. The highest BCUT2D eigenvalue weighted by Gasteiger charge is 2.16. The normalized spacial score (nSPS) is 13.0. The summed E-state index contributed by atoms with van der Waals surface area (Å²) in [5.74, 6) is 1.66. The van der Waals surface area contributed by atoms with Crippen molar-refractivity contribution >= 4 is 15.9 Å². The van der Waals surface area contributed by atoms with Crippen LogP contribution in [0.25, 0.3) is 11.3 Å². The zero-order valence-electron chi connectivity index (χ0n) is 9.85. The van der Waals surface area contributed by atoms with Gasteiger partial charge in [0.15, 0.2) is 5.76 Å². The second-order valence-electron chi connectivity index (χ2n) is 4.34. The lowest BCUT2D eigenvalue weighted by atomic mass is 10.1. The minimum Gasteiger partial charge on any atom is -0.439 e. The number of nitrogens with zero attached hydrogens (tertiary/aromatic N) is 1. The van der Waals surface area contributed by atoms with Crippen molar-refractivity contribution < 1.29 is 4.42 Å². The van der Waals surface area contributed by atoms with Crippen LogP contribution in [0.5, 0.6) is 0 Å².